The first-order valence-corrected chi connectivity index (χ1v) is 8.70. The number of hydrogen-bond donors (Lipinski definition) is 2. The van der Waals surface area contributed by atoms with Crippen molar-refractivity contribution in [2.24, 2.45) is 0 Å². The van der Waals surface area contributed by atoms with Crippen molar-refractivity contribution in [3.05, 3.63) is 64.0 Å². The van der Waals surface area contributed by atoms with Crippen LogP contribution in [0, 0.1) is 0 Å². The zero-order valence-corrected chi connectivity index (χ0v) is 15.5. The van der Waals surface area contributed by atoms with Gasteiger partial charge in [0, 0.05) is 30.4 Å². The largest absolute Gasteiger partial charge is 0.478 e. The lowest BCUT2D eigenvalue weighted by Crippen LogP contribution is -2.15. The second-order valence-corrected chi connectivity index (χ2v) is 6.52. The van der Waals surface area contributed by atoms with Gasteiger partial charge in [-0.1, -0.05) is 41.4 Å². The SMILES string of the molecule is O=C(CCn1cc(C(=O)O)cn1)Nc1nn(Cc2ccccc2Cl)cc1Cl. The molecule has 8 nitrogen and oxygen atoms in total. The van der Waals surface area contributed by atoms with Crippen molar-refractivity contribution in [2.45, 2.75) is 19.5 Å². The second-order valence-electron chi connectivity index (χ2n) is 5.71. The average molecular weight is 408 g/mol. The zero-order chi connectivity index (χ0) is 19.4. The molecule has 0 saturated carbocycles. The Kier molecular flexibility index (Phi) is 5.78. The molecule has 10 heteroatoms. The third kappa shape index (κ3) is 4.87. The van der Waals surface area contributed by atoms with Crippen LogP contribution in [0.3, 0.4) is 0 Å². The number of aryl methyl sites for hydroxylation is 1. The number of nitrogens with zero attached hydrogens (tertiary/aromatic N) is 4. The number of carboxylic acid groups (broad SMARTS) is 1. The van der Waals surface area contributed by atoms with E-state index in [2.05, 4.69) is 15.5 Å². The maximum atomic E-state index is 12.1. The summed E-state index contributed by atoms with van der Waals surface area (Å²) in [7, 11) is 0. The number of hydrogen-bond acceptors (Lipinski definition) is 4. The molecule has 2 heterocycles. The summed E-state index contributed by atoms with van der Waals surface area (Å²) in [5, 5.41) is 20.6. The van der Waals surface area contributed by atoms with Gasteiger partial charge in [0.15, 0.2) is 5.82 Å². The molecule has 0 unspecified atom stereocenters. The highest BCUT2D eigenvalue weighted by Crippen LogP contribution is 2.22. The van der Waals surface area contributed by atoms with Crippen molar-refractivity contribution in [3.8, 4) is 0 Å². The normalized spacial score (nSPS) is 10.7. The molecule has 2 N–H and O–H groups in total. The Morgan fingerprint density at radius 2 is 1.89 bits per heavy atom. The summed E-state index contributed by atoms with van der Waals surface area (Å²) in [4.78, 5) is 22.9. The second kappa shape index (κ2) is 8.24. The highest BCUT2D eigenvalue weighted by molar-refractivity contribution is 6.33. The van der Waals surface area contributed by atoms with Crippen molar-refractivity contribution in [1.82, 2.24) is 19.6 Å². The van der Waals surface area contributed by atoms with E-state index in [0.29, 0.717) is 16.6 Å². The number of carbonyl (C=O) groups excluding carboxylic acids is 1. The lowest BCUT2D eigenvalue weighted by atomic mass is 10.2. The van der Waals surface area contributed by atoms with E-state index in [1.165, 1.54) is 17.1 Å². The number of rotatable bonds is 7. The molecule has 140 valence electrons. The molecule has 0 aliphatic rings. The fourth-order valence-corrected chi connectivity index (χ4v) is 2.76. The average Bonchev–Trinajstić information content (AvgIpc) is 3.22. The molecule has 0 radical (unpaired) electrons. The van der Waals surface area contributed by atoms with Gasteiger partial charge in [-0.25, -0.2) is 4.79 Å². The molecule has 0 aliphatic carbocycles. The number of carbonyl (C=O) groups is 2. The van der Waals surface area contributed by atoms with Crippen LogP contribution in [-0.4, -0.2) is 36.5 Å². The summed E-state index contributed by atoms with van der Waals surface area (Å²) in [5.41, 5.74) is 0.945. The minimum Gasteiger partial charge on any atom is -0.478 e. The van der Waals surface area contributed by atoms with E-state index in [9.17, 15) is 9.59 Å². The van der Waals surface area contributed by atoms with E-state index in [4.69, 9.17) is 28.3 Å². The molecule has 0 aliphatic heterocycles. The number of carboxylic acids is 1. The molecule has 2 aromatic heterocycles. The Bertz CT molecular complexity index is 983. The van der Waals surface area contributed by atoms with Gasteiger partial charge in [0.25, 0.3) is 0 Å². The summed E-state index contributed by atoms with van der Waals surface area (Å²) in [6, 6.07) is 7.38. The predicted octanol–water partition coefficient (Wildman–Crippen LogP) is 3.16. The fourth-order valence-electron chi connectivity index (χ4n) is 2.37. The molecule has 0 spiro atoms. The number of aromatic carboxylic acids is 1. The van der Waals surface area contributed by atoms with Crippen molar-refractivity contribution in [1.29, 1.82) is 0 Å². The highest BCUT2D eigenvalue weighted by Gasteiger charge is 2.13. The van der Waals surface area contributed by atoms with E-state index in [0.717, 1.165) is 5.56 Å². The predicted molar refractivity (Wildman–Crippen MR) is 100 cm³/mol. The van der Waals surface area contributed by atoms with Gasteiger partial charge < -0.3 is 10.4 Å². The maximum absolute atomic E-state index is 12.1. The van der Waals surface area contributed by atoms with Crippen LogP contribution < -0.4 is 5.32 Å². The van der Waals surface area contributed by atoms with Crippen molar-refractivity contribution in [2.75, 3.05) is 5.32 Å². The van der Waals surface area contributed by atoms with E-state index in [-0.39, 0.29) is 30.3 Å². The molecule has 0 bridgehead atoms. The third-order valence-corrected chi connectivity index (χ3v) is 4.36. The van der Waals surface area contributed by atoms with Crippen LogP contribution >= 0.6 is 23.2 Å². The zero-order valence-electron chi connectivity index (χ0n) is 14.0. The van der Waals surface area contributed by atoms with Crippen LogP contribution in [0.2, 0.25) is 10.0 Å². The van der Waals surface area contributed by atoms with Crippen molar-refractivity contribution < 1.29 is 14.7 Å². The van der Waals surface area contributed by atoms with Gasteiger partial charge in [-0.05, 0) is 11.6 Å². The van der Waals surface area contributed by atoms with E-state index >= 15 is 0 Å². The molecule has 27 heavy (non-hydrogen) atoms. The number of anilines is 1. The molecular formula is C17H15Cl2N5O3. The number of aromatic nitrogens is 4. The monoisotopic (exact) mass is 407 g/mol. The fraction of sp³-hybridized carbons (Fsp3) is 0.176. The topological polar surface area (TPSA) is 102 Å². The molecule has 0 saturated heterocycles. The molecule has 3 aromatic rings. The Morgan fingerprint density at radius 1 is 1.11 bits per heavy atom. The van der Waals surface area contributed by atoms with Gasteiger partial charge in [0.2, 0.25) is 5.91 Å². The highest BCUT2D eigenvalue weighted by atomic mass is 35.5. The molecule has 1 amide bonds. The van der Waals surface area contributed by atoms with E-state index in [1.807, 2.05) is 18.2 Å². The lowest BCUT2D eigenvalue weighted by molar-refractivity contribution is -0.116. The Morgan fingerprint density at radius 3 is 2.59 bits per heavy atom. The first kappa shape index (κ1) is 18.9. The van der Waals surface area contributed by atoms with Crippen LogP contribution in [0.1, 0.15) is 22.3 Å². The molecule has 3 rings (SSSR count). The maximum Gasteiger partial charge on any atom is 0.338 e. The summed E-state index contributed by atoms with van der Waals surface area (Å²) in [6.45, 7) is 0.650. The van der Waals surface area contributed by atoms with Gasteiger partial charge in [-0.3, -0.25) is 14.2 Å². The van der Waals surface area contributed by atoms with Gasteiger partial charge in [0.05, 0.1) is 18.3 Å². The quantitative estimate of drug-likeness (QED) is 0.625. The molecule has 0 atom stereocenters. The van der Waals surface area contributed by atoms with Gasteiger partial charge >= 0.3 is 5.97 Å². The van der Waals surface area contributed by atoms with Crippen molar-refractivity contribution in [3.63, 3.8) is 0 Å². The number of halogens is 2. The minimum atomic E-state index is -1.07. The van der Waals surface area contributed by atoms with Gasteiger partial charge in [-0.2, -0.15) is 10.2 Å². The van der Waals surface area contributed by atoms with Crippen LogP contribution in [0.4, 0.5) is 5.82 Å². The number of benzene rings is 1. The smallest absolute Gasteiger partial charge is 0.338 e. The minimum absolute atomic E-state index is 0.0665. The van der Waals surface area contributed by atoms with Crippen LogP contribution in [0.5, 0.6) is 0 Å². The van der Waals surface area contributed by atoms with Crippen LogP contribution in [0.25, 0.3) is 0 Å². The van der Waals surface area contributed by atoms with Crippen LogP contribution in [-0.2, 0) is 17.9 Å². The van der Waals surface area contributed by atoms with Gasteiger partial charge in [-0.15, -0.1) is 0 Å². The molecular weight excluding hydrogens is 393 g/mol. The summed E-state index contributed by atoms with van der Waals surface area (Å²) >= 11 is 12.3. The number of amides is 1. The summed E-state index contributed by atoms with van der Waals surface area (Å²) < 4.78 is 2.98. The van der Waals surface area contributed by atoms with E-state index in [1.54, 1.807) is 16.9 Å². The summed E-state index contributed by atoms with van der Waals surface area (Å²) in [5.74, 6) is -1.13. The number of nitrogens with one attached hydrogen (secondary N) is 1. The first-order valence-electron chi connectivity index (χ1n) is 7.94. The van der Waals surface area contributed by atoms with Gasteiger partial charge in [0.1, 0.15) is 5.02 Å². The van der Waals surface area contributed by atoms with Crippen LogP contribution in [0.15, 0.2) is 42.9 Å². The van der Waals surface area contributed by atoms with E-state index < -0.39 is 5.97 Å². The van der Waals surface area contributed by atoms with Crippen molar-refractivity contribution >= 4 is 40.9 Å². The standard InChI is InChI=1S/C17H15Cl2N5O3/c18-13-4-2-1-3-11(13)8-24-10-14(19)16(22-24)21-15(25)5-6-23-9-12(7-20-23)17(26)27/h1-4,7,9-10H,5-6,8H2,(H,26,27)(H,21,22,25). The lowest BCUT2D eigenvalue weighted by Gasteiger charge is -2.05. The molecule has 0 fully saturated rings. The Hall–Kier alpha value is -2.84. The first-order chi connectivity index (χ1) is 12.9. The summed E-state index contributed by atoms with van der Waals surface area (Å²) in [6.07, 6.45) is 4.29. The Labute approximate surface area is 164 Å². The third-order valence-electron chi connectivity index (χ3n) is 3.71. The molecule has 1 aromatic carbocycles. The Balaban J connectivity index is 1.58.